The monoisotopic (exact) mass is 760 g/mol. The lowest BCUT2D eigenvalue weighted by Crippen LogP contribution is -2.55. The lowest BCUT2D eigenvalue weighted by Gasteiger charge is -2.37. The summed E-state index contributed by atoms with van der Waals surface area (Å²) < 4.78 is 109. The molecule has 5 rings (SSSR count). The Morgan fingerprint density at radius 3 is 2.31 bits per heavy atom. The van der Waals surface area contributed by atoms with Gasteiger partial charge in [0, 0.05) is 53.5 Å². The molecule has 2 unspecified atom stereocenters. The maximum absolute atomic E-state index is 12.9. The van der Waals surface area contributed by atoms with E-state index in [0.29, 0.717) is 47.8 Å². The predicted octanol–water partition coefficient (Wildman–Crippen LogP) is 5.15. The number of fused-ring (bicyclic) bond motifs is 3. The topological polar surface area (TPSA) is 205 Å². The first-order chi connectivity index (χ1) is 22.7. The number of benzene rings is 2. The van der Waals surface area contributed by atoms with Gasteiger partial charge < -0.3 is 0 Å². The molecule has 0 saturated carbocycles. The second-order valence-corrected chi connectivity index (χ2v) is 18.8. The third-order valence-electron chi connectivity index (χ3n) is 9.80. The average molecular weight is 761 g/mol. The Balaban J connectivity index is 1.64. The lowest BCUT2D eigenvalue weighted by molar-refractivity contribution is -0.438. The molecule has 0 bridgehead atoms. The van der Waals surface area contributed by atoms with Crippen LogP contribution in [0, 0.1) is 0 Å². The van der Waals surface area contributed by atoms with Gasteiger partial charge in [-0.1, -0.05) is 11.1 Å². The van der Waals surface area contributed by atoms with Gasteiger partial charge in [-0.25, -0.2) is 9.74 Å². The molecule has 1 spiro atoms. The summed E-state index contributed by atoms with van der Waals surface area (Å²) in [6.07, 6.45) is 6.78. The van der Waals surface area contributed by atoms with Crippen molar-refractivity contribution in [3.63, 3.8) is 0 Å². The molecule has 2 atom stereocenters. The first-order valence-corrected chi connectivity index (χ1v) is 20.7. The van der Waals surface area contributed by atoms with E-state index in [1.807, 2.05) is 50.5 Å². The van der Waals surface area contributed by atoms with Crippen molar-refractivity contribution in [2.75, 3.05) is 18.8 Å². The highest BCUT2D eigenvalue weighted by atomic mass is 32.2. The molecule has 2 aromatic rings. The zero-order chi connectivity index (χ0) is 36.2. The molecule has 2 aromatic carbocycles. The number of hydrogen-bond acceptors (Lipinski definition) is 10. The first-order valence-electron chi connectivity index (χ1n) is 15.4. The van der Waals surface area contributed by atoms with Gasteiger partial charge in [-0.15, -0.1) is 4.33 Å². The fourth-order valence-electron chi connectivity index (χ4n) is 7.73. The van der Waals surface area contributed by atoms with Gasteiger partial charge in [0.15, 0.2) is 5.71 Å². The highest BCUT2D eigenvalue weighted by Crippen LogP contribution is 2.57. The minimum Gasteiger partial charge on any atom is -0.286 e. The molecule has 268 valence electrons. The van der Waals surface area contributed by atoms with Crippen molar-refractivity contribution in [1.29, 1.82) is 0 Å². The molecule has 1 fully saturated rings. The van der Waals surface area contributed by atoms with Crippen LogP contribution in [0.5, 0.6) is 0 Å². The second kappa shape index (κ2) is 13.2. The Morgan fingerprint density at radius 2 is 1.67 bits per heavy atom. The normalized spacial score (nSPS) is 24.0. The summed E-state index contributed by atoms with van der Waals surface area (Å²) in [7, 11) is -13.3. The Bertz CT molecular complexity index is 2090. The van der Waals surface area contributed by atoms with E-state index in [4.69, 9.17) is 5.26 Å². The van der Waals surface area contributed by atoms with Crippen LogP contribution >= 0.6 is 12.0 Å². The van der Waals surface area contributed by atoms with Crippen LogP contribution in [-0.2, 0) is 50.6 Å². The fourth-order valence-corrected chi connectivity index (χ4v) is 10.5. The average Bonchev–Trinajstić information content (AvgIpc) is 3.58. The van der Waals surface area contributed by atoms with E-state index < -0.39 is 46.6 Å². The van der Waals surface area contributed by atoms with Crippen LogP contribution in [0.15, 0.2) is 70.1 Å². The summed E-state index contributed by atoms with van der Waals surface area (Å²) in [6, 6.07) is 9.63. The van der Waals surface area contributed by atoms with Crippen LogP contribution < -0.4 is 4.48 Å². The summed E-state index contributed by atoms with van der Waals surface area (Å²) in [4.78, 5) is 0.321. The lowest BCUT2D eigenvalue weighted by atomic mass is 9.81. The Kier molecular flexibility index (Phi) is 10.2. The van der Waals surface area contributed by atoms with Gasteiger partial charge in [0.25, 0.3) is 20.2 Å². The van der Waals surface area contributed by atoms with Crippen LogP contribution in [0.1, 0.15) is 64.5 Å². The molecule has 49 heavy (non-hydrogen) atoms. The van der Waals surface area contributed by atoms with E-state index in [1.54, 1.807) is 18.2 Å². The second-order valence-electron chi connectivity index (χ2n) is 13.5. The number of unbranched alkanes of at least 4 members (excludes halogenated alkanes) is 1. The maximum Gasteiger partial charge on any atom is 0.320 e. The molecule has 18 heteroatoms. The summed E-state index contributed by atoms with van der Waals surface area (Å²) in [5.41, 5.74) is 2.69. The summed E-state index contributed by atoms with van der Waals surface area (Å²) >= 11 is 0.811. The van der Waals surface area contributed by atoms with Gasteiger partial charge in [-0.05, 0) is 64.5 Å². The van der Waals surface area contributed by atoms with Gasteiger partial charge in [0.1, 0.15) is 17.9 Å². The molecular formula is C31H40N2O12S4+2. The van der Waals surface area contributed by atoms with Crippen LogP contribution in [0.4, 0.5) is 11.4 Å². The number of nitrogens with zero attached hydrogens (tertiary/aromatic N) is 2. The number of rotatable bonds is 12. The Labute approximate surface area is 290 Å². The van der Waals surface area contributed by atoms with Crippen molar-refractivity contribution in [2.45, 2.75) is 79.4 Å². The minimum absolute atomic E-state index is 0.178. The largest absolute Gasteiger partial charge is 0.320 e. The maximum atomic E-state index is 12.9. The molecule has 3 heterocycles. The predicted molar refractivity (Wildman–Crippen MR) is 183 cm³/mol. The van der Waals surface area contributed by atoms with E-state index in [9.17, 15) is 38.9 Å². The number of quaternary nitrogens is 1. The van der Waals surface area contributed by atoms with Gasteiger partial charge in [0.05, 0.1) is 40.1 Å². The number of hydrogen-bond donors (Lipinski definition) is 4. The van der Waals surface area contributed by atoms with E-state index in [-0.39, 0.29) is 28.0 Å². The van der Waals surface area contributed by atoms with Crippen molar-refractivity contribution in [1.82, 2.24) is 4.48 Å². The van der Waals surface area contributed by atoms with E-state index >= 15 is 0 Å². The van der Waals surface area contributed by atoms with Crippen molar-refractivity contribution >= 4 is 59.5 Å². The summed E-state index contributed by atoms with van der Waals surface area (Å²) in [5, 5.41) is 11.2. The van der Waals surface area contributed by atoms with Crippen molar-refractivity contribution < 1.29 is 58.1 Å². The third-order valence-corrected chi connectivity index (χ3v) is 13.3. The molecule has 4 N–H and O–H groups in total. The van der Waals surface area contributed by atoms with Crippen LogP contribution in [-0.4, -0.2) is 78.7 Å². The first kappa shape index (κ1) is 37.8. The quantitative estimate of drug-likeness (QED) is 0.0421. The van der Waals surface area contributed by atoms with Crippen molar-refractivity contribution in [3.8, 4) is 0 Å². The standard InChI is InChI=1S/C31H38N2O12S4/c1-30(2)23-19-21(46-45-44-34)12-14-25(23)32(16-5-6-18-47(35,36)37)27(30)9-7-10-28-31(3,4)24-20-22(48(38,39)40)13-15-26(24)33(28)17-8-11-29(33)49(41,42)43/h7,9-10,12-15,19-20,29H,5-6,8,11,16-18H2,1-4H3,(H2-2,34,35,36,37,38,39,40,41,42,43)/p+2/b9-7?,28-10+. The van der Waals surface area contributed by atoms with E-state index in [2.05, 4.69) is 9.37 Å². The van der Waals surface area contributed by atoms with E-state index in [0.717, 1.165) is 29.0 Å². The zero-order valence-corrected chi connectivity index (χ0v) is 30.6. The summed E-state index contributed by atoms with van der Waals surface area (Å²) in [5.74, 6) is -0.383. The molecule has 3 aliphatic rings. The highest BCUT2D eigenvalue weighted by molar-refractivity contribution is 7.94. The molecule has 1 saturated heterocycles. The van der Waals surface area contributed by atoms with Crippen LogP contribution in [0.2, 0.25) is 0 Å². The Morgan fingerprint density at radius 1 is 0.959 bits per heavy atom. The van der Waals surface area contributed by atoms with Gasteiger partial charge in [-0.2, -0.15) is 29.8 Å². The van der Waals surface area contributed by atoms with Crippen LogP contribution in [0.3, 0.4) is 0 Å². The molecule has 0 aromatic heterocycles. The van der Waals surface area contributed by atoms with Gasteiger partial charge in [0.2, 0.25) is 11.1 Å². The fraction of sp³-hybridized carbons (Fsp3) is 0.452. The Hall–Kier alpha value is -2.49. The van der Waals surface area contributed by atoms with Crippen molar-refractivity contribution in [3.05, 3.63) is 71.5 Å². The van der Waals surface area contributed by atoms with Crippen LogP contribution in [0.25, 0.3) is 0 Å². The third kappa shape index (κ3) is 7.05. The van der Waals surface area contributed by atoms with Gasteiger partial charge >= 0.3 is 10.1 Å². The SMILES string of the molecule is CC1(C)C(C=C/C=C2\C(C)(C)c3cc(S(=O)(=O)O)ccc3[N+]23CCCC3S(=O)(=O)O)=[N+](CCCCS(=O)(=O)O)c2ccc(SOOO)cc21. The smallest absolute Gasteiger partial charge is 0.286 e. The summed E-state index contributed by atoms with van der Waals surface area (Å²) in [6.45, 7) is 8.43. The van der Waals surface area contributed by atoms with Gasteiger partial charge in [-0.3, -0.25) is 13.7 Å². The highest BCUT2D eigenvalue weighted by Gasteiger charge is 2.63. The molecular weight excluding hydrogens is 721 g/mol. The molecule has 0 amide bonds. The van der Waals surface area contributed by atoms with Crippen molar-refractivity contribution in [2.24, 2.45) is 0 Å². The van der Waals surface area contributed by atoms with E-state index in [1.165, 1.54) is 18.2 Å². The number of allylic oxidation sites excluding steroid dienone is 4. The molecule has 0 aliphatic carbocycles. The minimum atomic E-state index is -4.57. The zero-order valence-electron chi connectivity index (χ0n) is 27.3. The molecule has 14 nitrogen and oxygen atoms in total. The molecule has 0 radical (unpaired) electrons. The molecule has 3 aliphatic heterocycles.